The summed E-state index contributed by atoms with van der Waals surface area (Å²) in [5.41, 5.74) is 2.49. The van der Waals surface area contributed by atoms with Crippen molar-refractivity contribution in [1.82, 2.24) is 0 Å². The van der Waals surface area contributed by atoms with Gasteiger partial charge in [0.2, 0.25) is 0 Å². The summed E-state index contributed by atoms with van der Waals surface area (Å²) in [6.07, 6.45) is -1.65. The van der Waals surface area contributed by atoms with Crippen molar-refractivity contribution in [3.63, 3.8) is 0 Å². The first-order chi connectivity index (χ1) is 9.41. The molecule has 112 valence electrons. The van der Waals surface area contributed by atoms with Crippen LogP contribution in [-0.4, -0.2) is 41.7 Å². The number of benzene rings is 1. The summed E-state index contributed by atoms with van der Waals surface area (Å²) in [6.45, 7) is 7.13. The molecule has 2 rings (SSSR count). The van der Waals surface area contributed by atoms with Crippen molar-refractivity contribution in [2.24, 2.45) is 0 Å². The minimum absolute atomic E-state index is 0.142. The first kappa shape index (κ1) is 15.4. The molecule has 0 amide bonds. The molecule has 20 heavy (non-hydrogen) atoms. The maximum atomic E-state index is 9.87. The number of aliphatic hydroxyl groups excluding tert-OH is 2. The van der Waals surface area contributed by atoms with Crippen LogP contribution in [0.1, 0.15) is 31.9 Å². The van der Waals surface area contributed by atoms with Crippen LogP contribution in [0.15, 0.2) is 24.3 Å². The second-order valence-electron chi connectivity index (χ2n) is 6.34. The van der Waals surface area contributed by atoms with E-state index in [2.05, 4.69) is 32.9 Å². The molecule has 0 aliphatic carbocycles. The van der Waals surface area contributed by atoms with Gasteiger partial charge in [-0.05, 0) is 16.5 Å². The fraction of sp³-hybridized carbons (Fsp3) is 0.625. The first-order valence-corrected chi connectivity index (χ1v) is 7.03. The summed E-state index contributed by atoms with van der Waals surface area (Å²) in [7, 11) is 0. The molecule has 4 heteroatoms. The summed E-state index contributed by atoms with van der Waals surface area (Å²) >= 11 is 0. The van der Waals surface area contributed by atoms with Crippen molar-refractivity contribution >= 4 is 0 Å². The van der Waals surface area contributed by atoms with Crippen LogP contribution < -0.4 is 0 Å². The lowest BCUT2D eigenvalue weighted by atomic mass is 9.87. The van der Waals surface area contributed by atoms with E-state index in [0.29, 0.717) is 13.2 Å². The fourth-order valence-electron chi connectivity index (χ4n) is 2.27. The third-order valence-electron chi connectivity index (χ3n) is 3.70. The maximum Gasteiger partial charge on any atom is 0.111 e. The second kappa shape index (κ2) is 6.22. The Hall–Kier alpha value is -0.940. The largest absolute Gasteiger partial charge is 0.394 e. The number of aliphatic hydroxyl groups is 2. The SMILES string of the molecule is CC(C)(C)c1ccc(CO[C@H]2CO[C@H](CO)[C@H]2O)cc1. The minimum Gasteiger partial charge on any atom is -0.394 e. The quantitative estimate of drug-likeness (QED) is 0.880. The lowest BCUT2D eigenvalue weighted by Crippen LogP contribution is -2.33. The van der Waals surface area contributed by atoms with Gasteiger partial charge in [-0.1, -0.05) is 45.0 Å². The Morgan fingerprint density at radius 1 is 1.25 bits per heavy atom. The molecule has 0 saturated carbocycles. The van der Waals surface area contributed by atoms with Crippen molar-refractivity contribution in [2.45, 2.75) is 51.1 Å². The highest BCUT2D eigenvalue weighted by Crippen LogP contribution is 2.23. The molecular formula is C16H24O4. The van der Waals surface area contributed by atoms with Crippen LogP contribution in [0.3, 0.4) is 0 Å². The zero-order chi connectivity index (χ0) is 14.8. The van der Waals surface area contributed by atoms with Crippen LogP contribution in [0.2, 0.25) is 0 Å². The minimum atomic E-state index is -0.756. The molecule has 1 heterocycles. The van der Waals surface area contributed by atoms with Crippen LogP contribution in [0, 0.1) is 0 Å². The van der Waals surface area contributed by atoms with Gasteiger partial charge < -0.3 is 19.7 Å². The zero-order valence-electron chi connectivity index (χ0n) is 12.4. The second-order valence-corrected chi connectivity index (χ2v) is 6.34. The molecular weight excluding hydrogens is 256 g/mol. The Balaban J connectivity index is 1.89. The van der Waals surface area contributed by atoms with Crippen LogP contribution in [-0.2, 0) is 21.5 Å². The Morgan fingerprint density at radius 3 is 2.40 bits per heavy atom. The van der Waals surface area contributed by atoms with Crippen molar-refractivity contribution in [1.29, 1.82) is 0 Å². The molecule has 0 unspecified atom stereocenters. The van der Waals surface area contributed by atoms with Gasteiger partial charge in [0.1, 0.15) is 18.3 Å². The lowest BCUT2D eigenvalue weighted by Gasteiger charge is -2.20. The maximum absolute atomic E-state index is 9.87. The summed E-state index contributed by atoms with van der Waals surface area (Å²) < 4.78 is 10.9. The van der Waals surface area contributed by atoms with E-state index in [1.54, 1.807) is 0 Å². The molecule has 1 aliphatic heterocycles. The topological polar surface area (TPSA) is 58.9 Å². The van der Waals surface area contributed by atoms with Gasteiger partial charge in [0.05, 0.1) is 19.8 Å². The smallest absolute Gasteiger partial charge is 0.111 e. The molecule has 1 aromatic rings. The van der Waals surface area contributed by atoms with E-state index in [4.69, 9.17) is 14.6 Å². The summed E-state index contributed by atoms with van der Waals surface area (Å²) in [4.78, 5) is 0. The van der Waals surface area contributed by atoms with E-state index in [0.717, 1.165) is 5.56 Å². The number of ether oxygens (including phenoxy) is 2. The van der Waals surface area contributed by atoms with Crippen molar-refractivity contribution < 1.29 is 19.7 Å². The first-order valence-electron chi connectivity index (χ1n) is 7.03. The summed E-state index contributed by atoms with van der Waals surface area (Å²) in [5.74, 6) is 0. The van der Waals surface area contributed by atoms with E-state index in [1.807, 2.05) is 12.1 Å². The molecule has 1 fully saturated rings. The predicted molar refractivity (Wildman–Crippen MR) is 76.6 cm³/mol. The van der Waals surface area contributed by atoms with E-state index in [-0.39, 0.29) is 18.1 Å². The fourth-order valence-corrected chi connectivity index (χ4v) is 2.27. The molecule has 1 aliphatic rings. The van der Waals surface area contributed by atoms with Gasteiger partial charge in [0.15, 0.2) is 0 Å². The molecule has 1 saturated heterocycles. The zero-order valence-corrected chi connectivity index (χ0v) is 12.4. The van der Waals surface area contributed by atoms with Crippen molar-refractivity contribution in [3.8, 4) is 0 Å². The van der Waals surface area contributed by atoms with Gasteiger partial charge >= 0.3 is 0 Å². The van der Waals surface area contributed by atoms with Gasteiger partial charge in [-0.25, -0.2) is 0 Å². The van der Waals surface area contributed by atoms with Crippen molar-refractivity contribution in [3.05, 3.63) is 35.4 Å². The molecule has 2 N–H and O–H groups in total. The molecule has 4 nitrogen and oxygen atoms in total. The lowest BCUT2D eigenvalue weighted by molar-refractivity contribution is -0.0340. The Bertz CT molecular complexity index is 421. The standard InChI is InChI=1S/C16H24O4/c1-16(2,3)12-6-4-11(5-7-12)9-19-14-10-20-13(8-17)15(14)18/h4-7,13-15,17-18H,8-10H2,1-3H3/t13-,14+,15-/m1/s1. The van der Waals surface area contributed by atoms with Crippen LogP contribution in [0.4, 0.5) is 0 Å². The van der Waals surface area contributed by atoms with E-state index in [1.165, 1.54) is 5.56 Å². The number of hydrogen-bond acceptors (Lipinski definition) is 4. The normalized spacial score (nSPS) is 26.9. The average molecular weight is 280 g/mol. The Morgan fingerprint density at radius 2 is 1.90 bits per heavy atom. The van der Waals surface area contributed by atoms with Gasteiger partial charge in [0.25, 0.3) is 0 Å². The van der Waals surface area contributed by atoms with Crippen molar-refractivity contribution in [2.75, 3.05) is 13.2 Å². The molecule has 3 atom stereocenters. The van der Waals surface area contributed by atoms with Gasteiger partial charge in [-0.3, -0.25) is 0 Å². The predicted octanol–water partition coefficient (Wildman–Crippen LogP) is 1.62. The molecule has 0 aromatic heterocycles. The highest BCUT2D eigenvalue weighted by molar-refractivity contribution is 5.27. The van der Waals surface area contributed by atoms with E-state index >= 15 is 0 Å². The van der Waals surface area contributed by atoms with Gasteiger partial charge in [0, 0.05) is 0 Å². The van der Waals surface area contributed by atoms with E-state index < -0.39 is 12.2 Å². The third-order valence-corrected chi connectivity index (χ3v) is 3.70. The summed E-state index contributed by atoms with van der Waals surface area (Å²) in [5, 5.41) is 18.9. The van der Waals surface area contributed by atoms with Crippen LogP contribution >= 0.6 is 0 Å². The third kappa shape index (κ3) is 3.58. The highest BCUT2D eigenvalue weighted by atomic mass is 16.6. The average Bonchev–Trinajstić information content (AvgIpc) is 2.76. The van der Waals surface area contributed by atoms with Crippen LogP contribution in [0.5, 0.6) is 0 Å². The summed E-state index contributed by atoms with van der Waals surface area (Å²) in [6, 6.07) is 8.31. The molecule has 0 radical (unpaired) electrons. The molecule has 0 bridgehead atoms. The van der Waals surface area contributed by atoms with Crippen LogP contribution in [0.25, 0.3) is 0 Å². The van der Waals surface area contributed by atoms with Gasteiger partial charge in [-0.2, -0.15) is 0 Å². The molecule has 0 spiro atoms. The van der Waals surface area contributed by atoms with Gasteiger partial charge in [-0.15, -0.1) is 0 Å². The number of rotatable bonds is 4. The highest BCUT2D eigenvalue weighted by Gasteiger charge is 2.36. The Kier molecular flexibility index (Phi) is 4.81. The Labute approximate surface area is 120 Å². The monoisotopic (exact) mass is 280 g/mol. The molecule has 1 aromatic carbocycles. The number of hydrogen-bond donors (Lipinski definition) is 2. The van der Waals surface area contributed by atoms with E-state index in [9.17, 15) is 5.11 Å².